The smallest absolute Gasteiger partial charge is 0.291 e. The highest BCUT2D eigenvalue weighted by Crippen LogP contribution is 2.26. The average Bonchev–Trinajstić information content (AvgIpc) is 3.15. The van der Waals surface area contributed by atoms with E-state index in [9.17, 15) is 14.9 Å². The molecule has 0 saturated carbocycles. The number of nitro groups is 1. The third-order valence-electron chi connectivity index (χ3n) is 3.66. The molecule has 1 heterocycles. The highest BCUT2D eigenvalue weighted by atomic mass is 35.5. The summed E-state index contributed by atoms with van der Waals surface area (Å²) in [6.07, 6.45) is 0. The topological polar surface area (TPSA) is 104 Å². The number of amides is 1. The minimum Gasteiger partial charge on any atom is -0.496 e. The molecule has 28 heavy (non-hydrogen) atoms. The number of nitrogens with one attached hydrogen (secondary N) is 1. The van der Waals surface area contributed by atoms with Gasteiger partial charge in [0.1, 0.15) is 23.9 Å². The van der Waals surface area contributed by atoms with E-state index in [2.05, 4.69) is 5.32 Å². The van der Waals surface area contributed by atoms with Crippen molar-refractivity contribution in [3.8, 4) is 11.5 Å². The molecule has 3 aromatic rings. The van der Waals surface area contributed by atoms with Crippen molar-refractivity contribution in [2.24, 2.45) is 0 Å². The van der Waals surface area contributed by atoms with E-state index in [0.717, 1.165) is 0 Å². The third-order valence-corrected chi connectivity index (χ3v) is 3.89. The van der Waals surface area contributed by atoms with Gasteiger partial charge in [-0.25, -0.2) is 0 Å². The Balaban J connectivity index is 1.67. The zero-order chi connectivity index (χ0) is 20.1. The molecule has 0 aliphatic rings. The van der Waals surface area contributed by atoms with E-state index in [1.54, 1.807) is 30.3 Å². The highest BCUT2D eigenvalue weighted by molar-refractivity contribution is 6.30. The molecule has 3 rings (SSSR count). The molecule has 8 nitrogen and oxygen atoms in total. The van der Waals surface area contributed by atoms with Gasteiger partial charge in [0.25, 0.3) is 11.6 Å². The monoisotopic (exact) mass is 402 g/mol. The number of hydrogen-bond donors (Lipinski definition) is 1. The Bertz CT molecular complexity index is 1020. The van der Waals surface area contributed by atoms with Crippen LogP contribution in [0.15, 0.2) is 59.0 Å². The zero-order valence-corrected chi connectivity index (χ0v) is 15.4. The van der Waals surface area contributed by atoms with Crippen molar-refractivity contribution >= 4 is 28.9 Å². The van der Waals surface area contributed by atoms with E-state index in [4.69, 9.17) is 25.5 Å². The number of anilines is 1. The lowest BCUT2D eigenvalue weighted by Crippen LogP contribution is -2.11. The Morgan fingerprint density at radius 1 is 1.18 bits per heavy atom. The molecule has 0 spiro atoms. The van der Waals surface area contributed by atoms with Crippen LogP contribution < -0.4 is 14.8 Å². The number of furan rings is 1. The van der Waals surface area contributed by atoms with E-state index in [1.165, 1.54) is 31.4 Å². The average molecular weight is 403 g/mol. The number of halogens is 1. The van der Waals surface area contributed by atoms with Gasteiger partial charge < -0.3 is 19.2 Å². The summed E-state index contributed by atoms with van der Waals surface area (Å²) in [6.45, 7) is 0.109. The number of ether oxygens (including phenoxy) is 2. The first-order valence-electron chi connectivity index (χ1n) is 8.06. The Morgan fingerprint density at radius 2 is 2.00 bits per heavy atom. The summed E-state index contributed by atoms with van der Waals surface area (Å²) in [4.78, 5) is 22.8. The molecule has 0 atom stereocenters. The molecule has 0 fully saturated rings. The van der Waals surface area contributed by atoms with Gasteiger partial charge >= 0.3 is 0 Å². The van der Waals surface area contributed by atoms with Gasteiger partial charge in [0.05, 0.1) is 23.8 Å². The minimum absolute atomic E-state index is 0.0372. The molecule has 0 unspecified atom stereocenters. The summed E-state index contributed by atoms with van der Waals surface area (Å²) in [5, 5.41) is 14.1. The second kappa shape index (κ2) is 8.45. The molecule has 0 aliphatic carbocycles. The number of carbonyl (C=O) groups excluding carboxylic acids is 1. The van der Waals surface area contributed by atoms with Crippen LogP contribution in [0.3, 0.4) is 0 Å². The number of non-ortho nitro benzene ring substituents is 1. The zero-order valence-electron chi connectivity index (χ0n) is 14.7. The number of rotatable bonds is 7. The summed E-state index contributed by atoms with van der Waals surface area (Å²) in [6, 6.07) is 13.9. The van der Waals surface area contributed by atoms with Gasteiger partial charge in [-0.15, -0.1) is 0 Å². The van der Waals surface area contributed by atoms with Gasteiger partial charge in [0.2, 0.25) is 0 Å². The van der Waals surface area contributed by atoms with Crippen molar-refractivity contribution in [3.05, 3.63) is 81.3 Å². The first kappa shape index (κ1) is 19.2. The van der Waals surface area contributed by atoms with Gasteiger partial charge in [-0.05, 0) is 30.3 Å². The standard InChI is InChI=1S/C19H15ClN2O6/c1-26-17-9-13(8-14(10-17)22(24)25)21-19(23)18-6-5-16(28-18)11-27-15-4-2-3-12(20)7-15/h2-10H,11H2,1H3,(H,21,23). The fourth-order valence-electron chi connectivity index (χ4n) is 2.36. The van der Waals surface area contributed by atoms with E-state index >= 15 is 0 Å². The minimum atomic E-state index is -0.573. The molecule has 1 N–H and O–H groups in total. The second-order valence-corrected chi connectivity index (χ2v) is 6.08. The van der Waals surface area contributed by atoms with Crippen LogP contribution in [0.5, 0.6) is 11.5 Å². The number of methoxy groups -OCH3 is 1. The largest absolute Gasteiger partial charge is 0.496 e. The molecule has 144 valence electrons. The molecule has 2 aromatic carbocycles. The fraction of sp³-hybridized carbons (Fsp3) is 0.105. The van der Waals surface area contributed by atoms with Crippen LogP contribution in [0.25, 0.3) is 0 Å². The van der Waals surface area contributed by atoms with Crippen molar-refractivity contribution in [1.82, 2.24) is 0 Å². The lowest BCUT2D eigenvalue weighted by Gasteiger charge is -2.06. The van der Waals surface area contributed by atoms with E-state index in [-0.39, 0.29) is 29.5 Å². The van der Waals surface area contributed by atoms with Crippen LogP contribution in [-0.4, -0.2) is 17.9 Å². The van der Waals surface area contributed by atoms with Crippen LogP contribution in [0.2, 0.25) is 5.02 Å². The normalized spacial score (nSPS) is 10.4. The van der Waals surface area contributed by atoms with Crippen molar-refractivity contribution in [1.29, 1.82) is 0 Å². The first-order chi connectivity index (χ1) is 13.4. The van der Waals surface area contributed by atoms with Crippen molar-refractivity contribution in [3.63, 3.8) is 0 Å². The molecule has 1 aromatic heterocycles. The number of carbonyl (C=O) groups is 1. The molecular weight excluding hydrogens is 388 g/mol. The summed E-state index contributed by atoms with van der Waals surface area (Å²) in [7, 11) is 1.38. The lowest BCUT2D eigenvalue weighted by molar-refractivity contribution is -0.384. The SMILES string of the molecule is COc1cc(NC(=O)c2ccc(COc3cccc(Cl)c3)o2)cc([N+](=O)[O-])c1. The van der Waals surface area contributed by atoms with Crippen molar-refractivity contribution in [2.45, 2.75) is 6.61 Å². The molecule has 0 saturated heterocycles. The quantitative estimate of drug-likeness (QED) is 0.454. The van der Waals surface area contributed by atoms with E-state index < -0.39 is 10.8 Å². The molecule has 0 bridgehead atoms. The predicted molar refractivity (Wildman–Crippen MR) is 102 cm³/mol. The van der Waals surface area contributed by atoms with Gasteiger partial charge in [-0.3, -0.25) is 14.9 Å². The fourth-order valence-corrected chi connectivity index (χ4v) is 2.54. The second-order valence-electron chi connectivity index (χ2n) is 5.64. The summed E-state index contributed by atoms with van der Waals surface area (Å²) in [5.41, 5.74) is 0.00823. The number of nitrogens with zero attached hydrogens (tertiary/aromatic N) is 1. The Labute approximate surface area is 164 Å². The lowest BCUT2D eigenvalue weighted by atomic mass is 10.2. The number of hydrogen-bond acceptors (Lipinski definition) is 6. The maximum atomic E-state index is 12.4. The summed E-state index contributed by atoms with van der Waals surface area (Å²) in [5.74, 6) is 0.728. The van der Waals surface area contributed by atoms with Crippen LogP contribution >= 0.6 is 11.6 Å². The third kappa shape index (κ3) is 4.80. The molecule has 1 amide bonds. The van der Waals surface area contributed by atoms with Crippen molar-refractivity contribution in [2.75, 3.05) is 12.4 Å². The van der Waals surface area contributed by atoms with Crippen LogP contribution in [-0.2, 0) is 6.61 Å². The molecule has 9 heteroatoms. The Hall–Kier alpha value is -3.52. The number of nitro benzene ring substituents is 1. The maximum absolute atomic E-state index is 12.4. The van der Waals surface area contributed by atoms with Gasteiger partial charge in [0, 0.05) is 17.2 Å². The van der Waals surface area contributed by atoms with Gasteiger partial charge in [-0.2, -0.15) is 0 Å². The molecular formula is C19H15ClN2O6. The van der Waals surface area contributed by atoms with E-state index in [1.807, 2.05) is 0 Å². The van der Waals surface area contributed by atoms with Gasteiger partial charge in [0.15, 0.2) is 5.76 Å². The van der Waals surface area contributed by atoms with Crippen LogP contribution in [0, 0.1) is 10.1 Å². The number of benzene rings is 2. The van der Waals surface area contributed by atoms with Crippen LogP contribution in [0.1, 0.15) is 16.3 Å². The Kier molecular flexibility index (Phi) is 5.81. The van der Waals surface area contributed by atoms with Crippen molar-refractivity contribution < 1.29 is 23.6 Å². The first-order valence-corrected chi connectivity index (χ1v) is 8.44. The van der Waals surface area contributed by atoms with Crippen LogP contribution in [0.4, 0.5) is 11.4 Å². The maximum Gasteiger partial charge on any atom is 0.291 e. The molecule has 0 aliphatic heterocycles. The summed E-state index contributed by atoms with van der Waals surface area (Å²) >= 11 is 5.89. The highest BCUT2D eigenvalue weighted by Gasteiger charge is 2.15. The van der Waals surface area contributed by atoms with E-state index in [0.29, 0.717) is 16.5 Å². The summed E-state index contributed by atoms with van der Waals surface area (Å²) < 4.78 is 16.0. The molecule has 0 radical (unpaired) electrons. The Morgan fingerprint density at radius 3 is 2.71 bits per heavy atom. The van der Waals surface area contributed by atoms with Gasteiger partial charge in [-0.1, -0.05) is 17.7 Å². The predicted octanol–water partition coefficient (Wildman–Crippen LogP) is 4.68.